The van der Waals surface area contributed by atoms with Crippen molar-refractivity contribution >= 4 is 17.7 Å². The monoisotopic (exact) mass is 290 g/mol. The molecule has 0 saturated carbocycles. The van der Waals surface area contributed by atoms with E-state index in [9.17, 15) is 9.59 Å². The number of carbonyl (C=O) groups excluding carboxylic acids is 1. The molecule has 0 atom stereocenters. The van der Waals surface area contributed by atoms with Crippen LogP contribution in [-0.4, -0.2) is 30.2 Å². The van der Waals surface area contributed by atoms with Gasteiger partial charge in [0.15, 0.2) is 0 Å². The van der Waals surface area contributed by atoms with Crippen LogP contribution in [0.4, 0.5) is 10.5 Å². The van der Waals surface area contributed by atoms with Crippen molar-refractivity contribution in [1.29, 1.82) is 0 Å². The molecule has 2 N–H and O–H groups in total. The third kappa shape index (κ3) is 3.35. The number of carboxylic acid groups (broad SMARTS) is 1. The fraction of sp³-hybridized carbons (Fsp3) is 0.500. The number of hydrogen-bond acceptors (Lipinski definition) is 2. The van der Waals surface area contributed by atoms with E-state index in [1.54, 1.807) is 23.1 Å². The second-order valence-electron chi connectivity index (χ2n) is 6.23. The van der Waals surface area contributed by atoms with E-state index in [-0.39, 0.29) is 17.0 Å². The lowest BCUT2D eigenvalue weighted by Gasteiger charge is -2.25. The zero-order valence-electron chi connectivity index (χ0n) is 12.8. The first-order valence-corrected chi connectivity index (χ1v) is 7.25. The van der Waals surface area contributed by atoms with Gasteiger partial charge in [-0.2, -0.15) is 0 Å². The second kappa shape index (κ2) is 5.76. The summed E-state index contributed by atoms with van der Waals surface area (Å²) in [7, 11) is 0. The van der Waals surface area contributed by atoms with Crippen LogP contribution in [0.15, 0.2) is 18.2 Å². The average molecular weight is 290 g/mol. The van der Waals surface area contributed by atoms with Crippen LogP contribution in [0.3, 0.4) is 0 Å². The van der Waals surface area contributed by atoms with Crippen LogP contribution in [0, 0.1) is 5.41 Å². The van der Waals surface area contributed by atoms with Crippen molar-refractivity contribution in [1.82, 2.24) is 5.32 Å². The van der Waals surface area contributed by atoms with Crippen molar-refractivity contribution < 1.29 is 14.7 Å². The zero-order chi connectivity index (χ0) is 15.6. The molecule has 1 heterocycles. The lowest BCUT2D eigenvalue weighted by atomic mass is 9.90. The summed E-state index contributed by atoms with van der Waals surface area (Å²) in [5.41, 5.74) is 2.00. The maximum atomic E-state index is 12.3. The highest BCUT2D eigenvalue weighted by atomic mass is 16.4. The second-order valence-corrected chi connectivity index (χ2v) is 6.23. The van der Waals surface area contributed by atoms with Gasteiger partial charge in [0.1, 0.15) is 0 Å². The molecule has 21 heavy (non-hydrogen) atoms. The molecule has 1 aromatic carbocycles. The van der Waals surface area contributed by atoms with Gasteiger partial charge in [-0.05, 0) is 36.0 Å². The van der Waals surface area contributed by atoms with Crippen molar-refractivity contribution in [3.05, 3.63) is 29.3 Å². The number of benzene rings is 1. The van der Waals surface area contributed by atoms with Crippen molar-refractivity contribution in [2.24, 2.45) is 5.41 Å². The Hall–Kier alpha value is -2.04. The molecule has 2 rings (SSSR count). The Morgan fingerprint density at radius 1 is 1.38 bits per heavy atom. The number of carbonyl (C=O) groups is 2. The molecular formula is C16H22N2O3. The maximum absolute atomic E-state index is 12.3. The number of nitrogens with zero attached hydrogens (tertiary/aromatic N) is 1. The molecule has 0 aromatic heterocycles. The predicted molar refractivity (Wildman–Crippen MR) is 81.9 cm³/mol. The summed E-state index contributed by atoms with van der Waals surface area (Å²) in [6.07, 6.45) is 1.74. The SMILES string of the molecule is CCC(C)(C)CNC(=O)N1CCc2ccc(C(=O)O)cc21. The molecule has 5 nitrogen and oxygen atoms in total. The first kappa shape index (κ1) is 15.4. The summed E-state index contributed by atoms with van der Waals surface area (Å²) in [5.74, 6) is -0.975. The van der Waals surface area contributed by atoms with Gasteiger partial charge in [-0.15, -0.1) is 0 Å². The molecule has 0 unspecified atom stereocenters. The Balaban J connectivity index is 2.12. The number of fused-ring (bicyclic) bond motifs is 1. The van der Waals surface area contributed by atoms with Crippen LogP contribution in [0.2, 0.25) is 0 Å². The van der Waals surface area contributed by atoms with Crippen LogP contribution in [0.25, 0.3) is 0 Å². The van der Waals surface area contributed by atoms with Crippen LogP contribution >= 0.6 is 0 Å². The van der Waals surface area contributed by atoms with Gasteiger partial charge in [-0.3, -0.25) is 4.90 Å². The average Bonchev–Trinajstić information content (AvgIpc) is 2.87. The molecule has 114 valence electrons. The predicted octanol–water partition coefficient (Wildman–Crippen LogP) is 2.89. The quantitative estimate of drug-likeness (QED) is 0.895. The van der Waals surface area contributed by atoms with E-state index < -0.39 is 5.97 Å². The number of anilines is 1. The maximum Gasteiger partial charge on any atom is 0.335 e. The van der Waals surface area contributed by atoms with Gasteiger partial charge in [-0.25, -0.2) is 9.59 Å². The first-order chi connectivity index (χ1) is 9.84. The summed E-state index contributed by atoms with van der Waals surface area (Å²) < 4.78 is 0. The van der Waals surface area contributed by atoms with E-state index in [0.29, 0.717) is 18.8 Å². The minimum Gasteiger partial charge on any atom is -0.478 e. The molecule has 1 aliphatic heterocycles. The Kier molecular flexibility index (Phi) is 4.21. The van der Waals surface area contributed by atoms with Crippen molar-refractivity contribution in [2.45, 2.75) is 33.6 Å². The van der Waals surface area contributed by atoms with E-state index in [1.165, 1.54) is 0 Å². The smallest absolute Gasteiger partial charge is 0.335 e. The molecule has 1 aromatic rings. The fourth-order valence-corrected chi connectivity index (χ4v) is 2.26. The number of urea groups is 1. The van der Waals surface area contributed by atoms with Crippen LogP contribution in [0.5, 0.6) is 0 Å². The van der Waals surface area contributed by atoms with Crippen molar-refractivity contribution in [3.63, 3.8) is 0 Å². The number of hydrogen-bond donors (Lipinski definition) is 2. The summed E-state index contributed by atoms with van der Waals surface area (Å²) in [6, 6.07) is 4.80. The molecular weight excluding hydrogens is 268 g/mol. The standard InChI is InChI=1S/C16H22N2O3/c1-4-16(2,3)10-17-15(21)18-8-7-11-5-6-12(14(19)20)9-13(11)18/h5-6,9H,4,7-8,10H2,1-3H3,(H,17,21)(H,19,20). The summed E-state index contributed by atoms with van der Waals surface area (Å²) in [4.78, 5) is 25.0. The molecule has 5 heteroatoms. The van der Waals surface area contributed by atoms with E-state index >= 15 is 0 Å². The Labute approximate surface area is 125 Å². The Morgan fingerprint density at radius 2 is 2.10 bits per heavy atom. The lowest BCUT2D eigenvalue weighted by molar-refractivity contribution is 0.0697. The highest BCUT2D eigenvalue weighted by molar-refractivity contribution is 5.97. The van der Waals surface area contributed by atoms with Crippen LogP contribution < -0.4 is 10.2 Å². The normalized spacial score (nSPS) is 14.0. The fourth-order valence-electron chi connectivity index (χ4n) is 2.26. The molecule has 0 fully saturated rings. The number of amides is 2. The molecule has 0 radical (unpaired) electrons. The number of aromatic carboxylic acids is 1. The molecule has 0 spiro atoms. The van der Waals surface area contributed by atoms with E-state index in [2.05, 4.69) is 26.1 Å². The van der Waals surface area contributed by atoms with Gasteiger partial charge in [0.2, 0.25) is 0 Å². The van der Waals surface area contributed by atoms with Gasteiger partial charge < -0.3 is 10.4 Å². The van der Waals surface area contributed by atoms with Gasteiger partial charge in [0, 0.05) is 18.8 Å². The Bertz CT molecular complexity index is 567. The first-order valence-electron chi connectivity index (χ1n) is 7.25. The summed E-state index contributed by atoms with van der Waals surface area (Å²) in [5, 5.41) is 12.0. The number of carboxylic acids is 1. The van der Waals surface area contributed by atoms with E-state index in [1.807, 2.05) is 0 Å². The molecule has 0 aliphatic carbocycles. The van der Waals surface area contributed by atoms with E-state index in [0.717, 1.165) is 18.4 Å². The Morgan fingerprint density at radius 3 is 2.71 bits per heavy atom. The third-order valence-electron chi connectivity index (χ3n) is 4.15. The zero-order valence-corrected chi connectivity index (χ0v) is 12.8. The molecule has 0 bridgehead atoms. The molecule has 0 saturated heterocycles. The van der Waals surface area contributed by atoms with Gasteiger partial charge in [0.25, 0.3) is 0 Å². The largest absolute Gasteiger partial charge is 0.478 e. The highest BCUT2D eigenvalue weighted by Crippen LogP contribution is 2.29. The molecule has 1 aliphatic rings. The van der Waals surface area contributed by atoms with Gasteiger partial charge in [-0.1, -0.05) is 26.8 Å². The van der Waals surface area contributed by atoms with Crippen molar-refractivity contribution in [2.75, 3.05) is 18.0 Å². The minimum absolute atomic E-state index is 0.0567. The van der Waals surface area contributed by atoms with Crippen LogP contribution in [0.1, 0.15) is 43.1 Å². The van der Waals surface area contributed by atoms with Crippen molar-refractivity contribution in [3.8, 4) is 0 Å². The highest BCUT2D eigenvalue weighted by Gasteiger charge is 2.26. The van der Waals surface area contributed by atoms with Crippen LogP contribution in [-0.2, 0) is 6.42 Å². The number of nitrogens with one attached hydrogen (secondary N) is 1. The van der Waals surface area contributed by atoms with Gasteiger partial charge >= 0.3 is 12.0 Å². The topological polar surface area (TPSA) is 69.6 Å². The minimum atomic E-state index is -0.975. The number of rotatable bonds is 4. The third-order valence-corrected chi connectivity index (χ3v) is 4.15. The lowest BCUT2D eigenvalue weighted by Crippen LogP contribution is -2.42. The van der Waals surface area contributed by atoms with E-state index in [4.69, 9.17) is 5.11 Å². The molecule has 2 amide bonds. The van der Waals surface area contributed by atoms with Gasteiger partial charge in [0.05, 0.1) is 5.56 Å². The summed E-state index contributed by atoms with van der Waals surface area (Å²) in [6.45, 7) is 7.50. The summed E-state index contributed by atoms with van der Waals surface area (Å²) >= 11 is 0.